The van der Waals surface area contributed by atoms with Gasteiger partial charge >= 0.3 is 13.8 Å². The van der Waals surface area contributed by atoms with Crippen molar-refractivity contribution in [2.45, 2.75) is 87.1 Å². The molecule has 6 aliphatic rings. The van der Waals surface area contributed by atoms with Gasteiger partial charge in [0.2, 0.25) is 5.91 Å². The number of para-hydroxylation sites is 1. The van der Waals surface area contributed by atoms with Crippen LogP contribution in [-0.2, 0) is 28.3 Å². The first kappa shape index (κ1) is 34.9. The average Bonchev–Trinajstić information content (AvgIpc) is 3.42. The van der Waals surface area contributed by atoms with Gasteiger partial charge in [-0.2, -0.15) is 0 Å². The molecule has 7 bridgehead atoms. The lowest BCUT2D eigenvalue weighted by molar-refractivity contribution is -0.337. The molecule has 262 valence electrons. The number of hydrogen-bond acceptors (Lipinski definition) is 10. The Balaban J connectivity index is 0.000000720. The number of hydrogen-bond donors (Lipinski definition) is 6. The maximum atomic E-state index is 14.0. The number of aliphatic hydroxyl groups is 2. The van der Waals surface area contributed by atoms with Crippen LogP contribution in [0.1, 0.15) is 56.3 Å². The summed E-state index contributed by atoms with van der Waals surface area (Å²) >= 11 is 0. The zero-order valence-electron chi connectivity index (χ0n) is 27.4. The fourth-order valence-electron chi connectivity index (χ4n) is 11.6. The van der Waals surface area contributed by atoms with E-state index < -0.39 is 42.1 Å². The molecular formula is C32H47N2O12P. The van der Waals surface area contributed by atoms with Crippen molar-refractivity contribution in [1.82, 2.24) is 4.90 Å². The minimum atomic E-state index is -4.64. The molecule has 2 unspecified atom stereocenters. The van der Waals surface area contributed by atoms with E-state index in [1.54, 1.807) is 45.6 Å². The maximum absolute atomic E-state index is 14.0. The number of esters is 1. The van der Waals surface area contributed by atoms with Crippen molar-refractivity contribution >= 4 is 25.4 Å². The van der Waals surface area contributed by atoms with Crippen LogP contribution in [0.5, 0.6) is 0 Å². The molecule has 47 heavy (non-hydrogen) atoms. The van der Waals surface area contributed by atoms with Crippen molar-refractivity contribution in [1.29, 1.82) is 0 Å². The van der Waals surface area contributed by atoms with Crippen LogP contribution in [0.4, 0.5) is 5.69 Å². The molecule has 1 aromatic rings. The molecule has 0 radical (unpaired) electrons. The van der Waals surface area contributed by atoms with Crippen molar-refractivity contribution in [3.05, 3.63) is 29.8 Å². The fraction of sp³-hybridized carbons (Fsp3) is 0.750. The van der Waals surface area contributed by atoms with Crippen LogP contribution in [0.15, 0.2) is 24.3 Å². The third-order valence-corrected chi connectivity index (χ3v) is 12.6. The number of amides is 1. The highest BCUT2D eigenvalue weighted by Gasteiger charge is 2.89. The first-order valence-electron chi connectivity index (χ1n) is 16.2. The number of nitrogens with one attached hydrogen (secondary N) is 1. The normalized spacial score (nSPS) is 44.3. The number of ether oxygens (including phenoxy) is 4. The highest BCUT2D eigenvalue weighted by atomic mass is 31.2. The summed E-state index contributed by atoms with van der Waals surface area (Å²) in [6.07, 6.45) is 1.91. The SMILES string of the molecule is CCN1C[C@]2(OC(=O)c3ccccc3NC(C)=O)CC[C@H](OC)[C@]34C1C(C[C@H]23)[C@@]1(O)C[C@H](OC)[C@H]2C[C@@H]4[C@]1(O)[C@H]2OC.O=P(O)(O)O. The van der Waals surface area contributed by atoms with Gasteiger partial charge in [0.1, 0.15) is 16.8 Å². The van der Waals surface area contributed by atoms with Gasteiger partial charge < -0.3 is 49.2 Å². The number of phosphoric acid groups is 1. The molecule has 6 N–H and O–H groups in total. The minimum Gasteiger partial charge on any atom is -0.454 e. The first-order chi connectivity index (χ1) is 22.1. The van der Waals surface area contributed by atoms with Crippen molar-refractivity contribution in [3.8, 4) is 0 Å². The third kappa shape index (κ3) is 4.82. The number of anilines is 1. The fourth-order valence-corrected chi connectivity index (χ4v) is 11.6. The van der Waals surface area contributed by atoms with Crippen LogP contribution in [0.2, 0.25) is 0 Å². The molecule has 1 saturated heterocycles. The lowest BCUT2D eigenvalue weighted by Crippen LogP contribution is -2.83. The number of likely N-dealkylation sites (N-methyl/N-ethyl adjacent to an activating group) is 1. The molecule has 12 atom stereocenters. The second-order valence-corrected chi connectivity index (χ2v) is 15.2. The van der Waals surface area contributed by atoms with Crippen LogP contribution in [-0.4, -0.2) is 117 Å². The monoisotopic (exact) mass is 682 g/mol. The van der Waals surface area contributed by atoms with Gasteiger partial charge in [-0.25, -0.2) is 9.36 Å². The van der Waals surface area contributed by atoms with Crippen LogP contribution in [0.25, 0.3) is 0 Å². The second kappa shape index (κ2) is 11.8. The number of methoxy groups -OCH3 is 3. The van der Waals surface area contributed by atoms with E-state index in [-0.39, 0.29) is 47.8 Å². The van der Waals surface area contributed by atoms with Gasteiger partial charge in [0.15, 0.2) is 0 Å². The van der Waals surface area contributed by atoms with Crippen LogP contribution >= 0.6 is 7.82 Å². The van der Waals surface area contributed by atoms with Gasteiger partial charge in [-0.05, 0) is 44.4 Å². The Morgan fingerprint density at radius 1 is 1.04 bits per heavy atom. The number of rotatable bonds is 7. The van der Waals surface area contributed by atoms with Gasteiger partial charge in [0, 0.05) is 76.3 Å². The van der Waals surface area contributed by atoms with Gasteiger partial charge in [0.05, 0.1) is 29.6 Å². The molecule has 1 aromatic carbocycles. The Morgan fingerprint density at radius 2 is 1.72 bits per heavy atom. The van der Waals surface area contributed by atoms with E-state index >= 15 is 0 Å². The summed E-state index contributed by atoms with van der Waals surface area (Å²) in [7, 11) is 0.415. The molecule has 1 heterocycles. The molecule has 6 fully saturated rings. The van der Waals surface area contributed by atoms with Crippen LogP contribution < -0.4 is 5.32 Å². The summed E-state index contributed by atoms with van der Waals surface area (Å²) in [5.41, 5.74) is -3.57. The zero-order chi connectivity index (χ0) is 34.3. The Morgan fingerprint density at radius 3 is 2.32 bits per heavy atom. The molecule has 15 heteroatoms. The Bertz CT molecular complexity index is 1450. The summed E-state index contributed by atoms with van der Waals surface area (Å²) in [6.45, 7) is 4.79. The number of benzene rings is 1. The minimum absolute atomic E-state index is 0.0432. The smallest absolute Gasteiger partial charge is 0.454 e. The largest absolute Gasteiger partial charge is 0.466 e. The van der Waals surface area contributed by atoms with Crippen molar-refractivity contribution < 1.29 is 58.0 Å². The lowest BCUT2D eigenvalue weighted by Gasteiger charge is -2.70. The van der Waals surface area contributed by atoms with Gasteiger partial charge in [0.25, 0.3) is 0 Å². The highest BCUT2D eigenvalue weighted by molar-refractivity contribution is 7.45. The summed E-state index contributed by atoms with van der Waals surface area (Å²) in [6, 6.07) is 6.89. The number of likely N-dealkylation sites (tertiary alicyclic amines) is 1. The zero-order valence-corrected chi connectivity index (χ0v) is 28.3. The number of carbonyl (C=O) groups is 2. The lowest BCUT2D eigenvalue weighted by atomic mass is 9.44. The van der Waals surface area contributed by atoms with E-state index in [1.807, 2.05) is 0 Å². The van der Waals surface area contributed by atoms with Crippen LogP contribution in [0, 0.1) is 29.1 Å². The Labute approximate surface area is 273 Å². The van der Waals surface area contributed by atoms with E-state index in [9.17, 15) is 19.8 Å². The number of nitrogens with zero attached hydrogens (tertiary/aromatic N) is 1. The summed E-state index contributed by atoms with van der Waals surface area (Å²) in [4.78, 5) is 49.9. The molecule has 1 spiro atoms. The van der Waals surface area contributed by atoms with E-state index in [2.05, 4.69) is 17.1 Å². The van der Waals surface area contributed by atoms with Gasteiger partial charge in [-0.3, -0.25) is 9.69 Å². The van der Waals surface area contributed by atoms with E-state index in [1.165, 1.54) is 6.92 Å². The van der Waals surface area contributed by atoms with Crippen molar-refractivity contribution in [2.75, 3.05) is 39.7 Å². The van der Waals surface area contributed by atoms with Crippen molar-refractivity contribution in [2.24, 2.45) is 29.1 Å². The van der Waals surface area contributed by atoms with Gasteiger partial charge in [-0.15, -0.1) is 0 Å². The average molecular weight is 683 g/mol. The highest BCUT2D eigenvalue weighted by Crippen LogP contribution is 2.79. The first-order valence-corrected chi connectivity index (χ1v) is 17.8. The third-order valence-electron chi connectivity index (χ3n) is 12.6. The second-order valence-electron chi connectivity index (χ2n) is 14.2. The van der Waals surface area contributed by atoms with Crippen LogP contribution in [0.3, 0.4) is 0 Å². The van der Waals surface area contributed by atoms with E-state index in [0.29, 0.717) is 56.4 Å². The quantitative estimate of drug-likeness (QED) is 0.178. The molecule has 5 aliphatic carbocycles. The number of piperidine rings is 1. The molecule has 0 aromatic heterocycles. The summed E-state index contributed by atoms with van der Waals surface area (Å²) in [5.74, 6) is -1.54. The number of carbonyl (C=O) groups excluding carboxylic acids is 2. The maximum Gasteiger partial charge on any atom is 0.466 e. The standard InChI is InChI=1S/C32H44N2O8.H3O4P/c1-6-34-16-29(42-28(36)18-9-7-8-10-21(18)33-17(2)35)12-11-25(40-4)31-23(29)14-20(26(31)34)30(37)15-22(39-3)19-13-24(31)32(30,38)27(19)41-5;1-5(2,3)4/h7-10,19-20,22-27,37-38H,6,11-16H2,1-5H3,(H,33,35);(H3,1,2,3,4)/t19-,20?,22+,23-,24+,25+,26?,27+,29-,30+,31+,32+;/m1./s1. The summed E-state index contributed by atoms with van der Waals surface area (Å²) in [5, 5.41) is 28.4. The molecule has 7 rings (SSSR count). The van der Waals surface area contributed by atoms with E-state index in [0.717, 1.165) is 0 Å². The predicted molar refractivity (Wildman–Crippen MR) is 166 cm³/mol. The Kier molecular flexibility index (Phi) is 8.78. The molecule has 14 nitrogen and oxygen atoms in total. The molecule has 5 saturated carbocycles. The van der Waals surface area contributed by atoms with Gasteiger partial charge in [-0.1, -0.05) is 19.1 Å². The Hall–Kier alpha value is -1.97. The van der Waals surface area contributed by atoms with Crippen molar-refractivity contribution in [3.63, 3.8) is 0 Å². The predicted octanol–water partition coefficient (Wildman–Crippen LogP) is 1.29. The van der Waals surface area contributed by atoms with E-state index in [4.69, 9.17) is 38.2 Å². The molecule has 1 amide bonds. The number of fused-ring (bicyclic) bond motifs is 2. The molecular weight excluding hydrogens is 635 g/mol. The molecule has 1 aliphatic heterocycles. The summed E-state index contributed by atoms with van der Waals surface area (Å²) < 4.78 is 33.9. The topological polar surface area (TPSA) is 205 Å².